The summed E-state index contributed by atoms with van der Waals surface area (Å²) in [5, 5.41) is 7.42. The van der Waals surface area contributed by atoms with Crippen molar-refractivity contribution in [1.29, 1.82) is 0 Å². The van der Waals surface area contributed by atoms with Crippen molar-refractivity contribution in [2.75, 3.05) is 13.1 Å². The zero-order chi connectivity index (χ0) is 18.0. The molecule has 1 aromatic rings. The molecule has 25 heavy (non-hydrogen) atoms. The fourth-order valence-electron chi connectivity index (χ4n) is 4.32. The molecule has 2 fully saturated rings. The minimum absolute atomic E-state index is 0.0706. The second-order valence-corrected chi connectivity index (χ2v) is 7.45. The summed E-state index contributed by atoms with van der Waals surface area (Å²) in [4.78, 5) is 31.1. The van der Waals surface area contributed by atoms with Crippen LogP contribution < -0.4 is 5.32 Å². The molecule has 7 nitrogen and oxygen atoms in total. The van der Waals surface area contributed by atoms with Gasteiger partial charge in [-0.25, -0.2) is 9.67 Å². The molecule has 0 unspecified atom stereocenters. The van der Waals surface area contributed by atoms with Crippen molar-refractivity contribution in [2.24, 2.45) is 5.92 Å². The quantitative estimate of drug-likeness (QED) is 0.900. The number of amides is 2. The third-order valence-electron chi connectivity index (χ3n) is 5.46. The minimum atomic E-state index is -0.377. The number of likely N-dealkylation sites (tertiary alicyclic amines) is 1. The summed E-state index contributed by atoms with van der Waals surface area (Å²) >= 11 is 0. The maximum Gasteiger partial charge on any atom is 0.245 e. The van der Waals surface area contributed by atoms with Gasteiger partial charge in [-0.1, -0.05) is 12.8 Å². The smallest absolute Gasteiger partial charge is 0.245 e. The van der Waals surface area contributed by atoms with E-state index < -0.39 is 0 Å². The topological polar surface area (TPSA) is 80.1 Å². The van der Waals surface area contributed by atoms with Crippen LogP contribution in [-0.4, -0.2) is 50.6 Å². The Morgan fingerprint density at radius 3 is 2.48 bits per heavy atom. The minimum Gasteiger partial charge on any atom is -0.344 e. The van der Waals surface area contributed by atoms with E-state index in [2.05, 4.69) is 15.4 Å². The van der Waals surface area contributed by atoms with E-state index in [-0.39, 0.29) is 29.8 Å². The van der Waals surface area contributed by atoms with Crippen LogP contribution in [0.3, 0.4) is 0 Å². The van der Waals surface area contributed by atoms with Crippen LogP contribution in [0.4, 0.5) is 0 Å². The Morgan fingerprint density at radius 1 is 1.16 bits per heavy atom. The van der Waals surface area contributed by atoms with Gasteiger partial charge in [0.05, 0.1) is 6.04 Å². The first-order valence-corrected chi connectivity index (χ1v) is 9.41. The fourth-order valence-corrected chi connectivity index (χ4v) is 4.32. The standard InChI is InChI=1S/C18H29N5O2/c1-12-19-13(2)23(21-12)16-9-6-10-22(11-16)18(25)17(20-14(3)24)15-7-4-5-8-15/h15-17H,4-11H2,1-3H3,(H,20,24)/t16-,17-/m1/s1. The number of rotatable bonds is 4. The molecule has 0 bridgehead atoms. The van der Waals surface area contributed by atoms with Crippen LogP contribution in [0, 0.1) is 19.8 Å². The highest BCUT2D eigenvalue weighted by atomic mass is 16.2. The van der Waals surface area contributed by atoms with Gasteiger partial charge in [0, 0.05) is 20.0 Å². The van der Waals surface area contributed by atoms with Gasteiger partial charge in [0.25, 0.3) is 0 Å². The predicted octanol–water partition coefficient (Wildman–Crippen LogP) is 1.75. The van der Waals surface area contributed by atoms with Crippen LogP contribution in [0.1, 0.15) is 63.1 Å². The highest BCUT2D eigenvalue weighted by molar-refractivity contribution is 5.87. The van der Waals surface area contributed by atoms with E-state index in [1.165, 1.54) is 6.92 Å². The van der Waals surface area contributed by atoms with Crippen molar-refractivity contribution >= 4 is 11.8 Å². The molecule has 0 radical (unpaired) electrons. The lowest BCUT2D eigenvalue weighted by molar-refractivity contribution is -0.139. The van der Waals surface area contributed by atoms with Crippen molar-refractivity contribution in [1.82, 2.24) is 25.0 Å². The number of nitrogens with one attached hydrogen (secondary N) is 1. The van der Waals surface area contributed by atoms with Gasteiger partial charge in [-0.05, 0) is 45.4 Å². The van der Waals surface area contributed by atoms with E-state index in [9.17, 15) is 9.59 Å². The Bertz CT molecular complexity index is 635. The fraction of sp³-hybridized carbons (Fsp3) is 0.778. The average Bonchev–Trinajstić information content (AvgIpc) is 3.21. The van der Waals surface area contributed by atoms with Gasteiger partial charge < -0.3 is 10.2 Å². The van der Waals surface area contributed by atoms with Gasteiger partial charge in [0.2, 0.25) is 11.8 Å². The molecule has 1 aliphatic heterocycles. The van der Waals surface area contributed by atoms with Crippen LogP contribution in [-0.2, 0) is 9.59 Å². The third kappa shape index (κ3) is 4.02. The van der Waals surface area contributed by atoms with Crippen molar-refractivity contribution in [3.63, 3.8) is 0 Å². The van der Waals surface area contributed by atoms with Gasteiger partial charge in [0.15, 0.2) is 0 Å². The summed E-state index contributed by atoms with van der Waals surface area (Å²) in [5.74, 6) is 1.88. The Balaban J connectivity index is 1.73. The van der Waals surface area contributed by atoms with Crippen LogP contribution >= 0.6 is 0 Å². The maximum atomic E-state index is 13.2. The number of carbonyl (C=O) groups is 2. The molecule has 7 heteroatoms. The predicted molar refractivity (Wildman–Crippen MR) is 93.9 cm³/mol. The molecule has 1 aliphatic carbocycles. The number of aromatic nitrogens is 3. The molecule has 1 saturated carbocycles. The Hall–Kier alpha value is -1.92. The molecule has 3 rings (SSSR count). The highest BCUT2D eigenvalue weighted by Gasteiger charge is 2.36. The Morgan fingerprint density at radius 2 is 1.88 bits per heavy atom. The SMILES string of the molecule is CC(=O)N[C@@H](C(=O)N1CCC[C@@H](n2nc(C)nc2C)C1)C1CCCC1. The van der Waals surface area contributed by atoms with E-state index >= 15 is 0 Å². The van der Waals surface area contributed by atoms with Gasteiger partial charge in [-0.2, -0.15) is 5.10 Å². The van der Waals surface area contributed by atoms with Gasteiger partial charge in [0.1, 0.15) is 17.7 Å². The van der Waals surface area contributed by atoms with Crippen molar-refractivity contribution in [3.05, 3.63) is 11.6 Å². The van der Waals surface area contributed by atoms with Gasteiger partial charge in [-0.3, -0.25) is 9.59 Å². The molecule has 1 saturated heterocycles. The van der Waals surface area contributed by atoms with Crippen LogP contribution in [0.25, 0.3) is 0 Å². The molecule has 0 spiro atoms. The van der Waals surface area contributed by atoms with Crippen molar-refractivity contribution in [2.45, 2.75) is 71.4 Å². The second-order valence-electron chi connectivity index (χ2n) is 7.45. The lowest BCUT2D eigenvalue weighted by Gasteiger charge is -2.36. The van der Waals surface area contributed by atoms with Crippen molar-refractivity contribution < 1.29 is 9.59 Å². The maximum absolute atomic E-state index is 13.2. The zero-order valence-corrected chi connectivity index (χ0v) is 15.5. The number of carbonyl (C=O) groups excluding carboxylic acids is 2. The molecule has 2 atom stereocenters. The molecular formula is C18H29N5O2. The molecule has 2 heterocycles. The van der Waals surface area contributed by atoms with Crippen LogP contribution in [0.5, 0.6) is 0 Å². The van der Waals surface area contributed by atoms with E-state index in [0.29, 0.717) is 6.54 Å². The molecule has 2 aliphatic rings. The number of aryl methyl sites for hydroxylation is 2. The summed E-state index contributed by atoms with van der Waals surface area (Å²) < 4.78 is 1.96. The molecule has 2 amide bonds. The first kappa shape index (κ1) is 17.9. The first-order valence-electron chi connectivity index (χ1n) is 9.41. The first-order chi connectivity index (χ1) is 12.0. The number of piperidine rings is 1. The largest absolute Gasteiger partial charge is 0.344 e. The number of nitrogens with zero attached hydrogens (tertiary/aromatic N) is 4. The summed E-state index contributed by atoms with van der Waals surface area (Å²) in [5.41, 5.74) is 0. The van der Waals surface area contributed by atoms with E-state index in [1.807, 2.05) is 23.4 Å². The van der Waals surface area contributed by atoms with Crippen LogP contribution in [0.15, 0.2) is 0 Å². The highest BCUT2D eigenvalue weighted by Crippen LogP contribution is 2.30. The molecule has 0 aromatic carbocycles. The number of hydrogen-bond donors (Lipinski definition) is 1. The second kappa shape index (κ2) is 7.54. The van der Waals surface area contributed by atoms with Crippen LogP contribution in [0.2, 0.25) is 0 Å². The summed E-state index contributed by atoms with van der Waals surface area (Å²) in [6.45, 7) is 6.74. The normalized spacial score (nSPS) is 22.8. The molecule has 1 N–H and O–H groups in total. The molecular weight excluding hydrogens is 318 g/mol. The lowest BCUT2D eigenvalue weighted by atomic mass is 9.95. The van der Waals surface area contributed by atoms with E-state index in [4.69, 9.17) is 0 Å². The Kier molecular flexibility index (Phi) is 5.39. The zero-order valence-electron chi connectivity index (χ0n) is 15.5. The van der Waals surface area contributed by atoms with E-state index in [1.54, 1.807) is 0 Å². The Labute approximate surface area is 149 Å². The summed E-state index contributed by atoms with van der Waals surface area (Å²) in [7, 11) is 0. The number of hydrogen-bond acceptors (Lipinski definition) is 4. The van der Waals surface area contributed by atoms with E-state index in [0.717, 1.165) is 56.7 Å². The molecule has 1 aromatic heterocycles. The molecule has 138 valence electrons. The van der Waals surface area contributed by atoms with Crippen molar-refractivity contribution in [3.8, 4) is 0 Å². The summed E-state index contributed by atoms with van der Waals surface area (Å²) in [6.07, 6.45) is 6.29. The monoisotopic (exact) mass is 347 g/mol. The van der Waals surface area contributed by atoms with Gasteiger partial charge in [-0.15, -0.1) is 0 Å². The summed E-state index contributed by atoms with van der Waals surface area (Å²) in [6, 6.07) is -0.210. The van der Waals surface area contributed by atoms with Gasteiger partial charge >= 0.3 is 0 Å². The average molecular weight is 347 g/mol. The lowest BCUT2D eigenvalue weighted by Crippen LogP contribution is -2.53. The third-order valence-corrected chi connectivity index (χ3v) is 5.46.